The third kappa shape index (κ3) is 8.52. The summed E-state index contributed by atoms with van der Waals surface area (Å²) in [5.41, 5.74) is 0. The zero-order valence-electron chi connectivity index (χ0n) is 14.1. The fraction of sp³-hybridized carbons (Fsp3) is 1.00. The number of rotatable bonds is 12. The quantitative estimate of drug-likeness (QED) is 0.384. The summed E-state index contributed by atoms with van der Waals surface area (Å²) in [5.74, 6) is 0. The predicted octanol–water partition coefficient (Wildman–Crippen LogP) is 2.54. The topological polar surface area (TPSA) is 0 Å². The van der Waals surface area contributed by atoms with Crippen LogP contribution in [0.2, 0.25) is 0 Å². The Hall–Kier alpha value is 0.250. The number of hydrogen-bond acceptors (Lipinski definition) is 0. The van der Waals surface area contributed by atoms with Crippen molar-refractivity contribution in [3.8, 4) is 0 Å². The van der Waals surface area contributed by atoms with Crippen LogP contribution < -0.4 is 12.4 Å². The first kappa shape index (κ1) is 20.2. The first-order chi connectivity index (χ1) is 9.33. The molecule has 1 aliphatic rings. The van der Waals surface area contributed by atoms with Crippen molar-refractivity contribution in [1.29, 1.82) is 0 Å². The Labute approximate surface area is 134 Å². The van der Waals surface area contributed by atoms with Crippen molar-refractivity contribution in [3.63, 3.8) is 0 Å². The van der Waals surface area contributed by atoms with Gasteiger partial charge in [0, 0.05) is 12.8 Å². The first-order valence-corrected chi connectivity index (χ1v) is 9.18. The molecule has 0 N–H and O–H groups in total. The lowest BCUT2D eigenvalue weighted by Crippen LogP contribution is -3.00. The number of quaternary nitrogens is 1. The molecule has 0 bridgehead atoms. The minimum Gasteiger partial charge on any atom is -1.00 e. The predicted molar refractivity (Wildman–Crippen MR) is 86.5 cm³/mol. The number of halogens is 1. The lowest BCUT2D eigenvalue weighted by atomic mass is 10.1. The van der Waals surface area contributed by atoms with E-state index in [4.69, 9.17) is 0 Å². The summed E-state index contributed by atoms with van der Waals surface area (Å²) >= 11 is 0. The number of nitrogens with zero attached hydrogens (tertiary/aromatic N) is 1. The van der Waals surface area contributed by atoms with Crippen LogP contribution in [0.15, 0.2) is 0 Å². The van der Waals surface area contributed by atoms with Gasteiger partial charge in [0.05, 0.1) is 26.2 Å². The molecule has 0 radical (unpaired) electrons. The Balaban J connectivity index is 0.00000361. The minimum absolute atomic E-state index is 0. The fourth-order valence-corrected chi connectivity index (χ4v) is 3.64. The molecule has 0 atom stereocenters. The second kappa shape index (κ2) is 13.0. The van der Waals surface area contributed by atoms with E-state index in [2.05, 4.69) is 13.8 Å². The molecule has 0 aromatic heterocycles. The SMILES string of the molecule is CCCCCCCCCC[N+]1(CCCC)CCCC1.[Cl-]. The van der Waals surface area contributed by atoms with E-state index in [1.807, 2.05) is 0 Å². The van der Waals surface area contributed by atoms with Crippen LogP contribution >= 0.6 is 0 Å². The first-order valence-electron chi connectivity index (χ1n) is 9.18. The van der Waals surface area contributed by atoms with Crippen LogP contribution in [-0.2, 0) is 0 Å². The highest BCUT2D eigenvalue weighted by Crippen LogP contribution is 2.22. The Bertz CT molecular complexity index is 200. The molecule has 0 aromatic rings. The zero-order valence-corrected chi connectivity index (χ0v) is 14.9. The van der Waals surface area contributed by atoms with Gasteiger partial charge < -0.3 is 16.9 Å². The maximum absolute atomic E-state index is 2.34. The van der Waals surface area contributed by atoms with Gasteiger partial charge >= 0.3 is 0 Å². The summed E-state index contributed by atoms with van der Waals surface area (Å²) in [6.45, 7) is 10.5. The van der Waals surface area contributed by atoms with E-state index in [-0.39, 0.29) is 12.4 Å². The van der Waals surface area contributed by atoms with Crippen molar-refractivity contribution < 1.29 is 16.9 Å². The van der Waals surface area contributed by atoms with Crippen LogP contribution in [-0.4, -0.2) is 30.7 Å². The molecule has 20 heavy (non-hydrogen) atoms. The van der Waals surface area contributed by atoms with E-state index in [0.717, 1.165) is 0 Å². The summed E-state index contributed by atoms with van der Waals surface area (Å²) in [6, 6.07) is 0. The molecule has 122 valence electrons. The van der Waals surface area contributed by atoms with Crippen LogP contribution in [0.1, 0.15) is 90.9 Å². The van der Waals surface area contributed by atoms with Gasteiger partial charge in [-0.1, -0.05) is 58.8 Å². The minimum atomic E-state index is 0. The van der Waals surface area contributed by atoms with Gasteiger partial charge in [-0.25, -0.2) is 0 Å². The summed E-state index contributed by atoms with van der Waals surface area (Å²) in [5, 5.41) is 0. The highest BCUT2D eigenvalue weighted by molar-refractivity contribution is 4.56. The second-order valence-electron chi connectivity index (χ2n) is 6.77. The van der Waals surface area contributed by atoms with Crippen molar-refractivity contribution >= 4 is 0 Å². The van der Waals surface area contributed by atoms with E-state index < -0.39 is 0 Å². The van der Waals surface area contributed by atoms with E-state index in [1.165, 1.54) is 108 Å². The van der Waals surface area contributed by atoms with Gasteiger partial charge in [0.15, 0.2) is 0 Å². The summed E-state index contributed by atoms with van der Waals surface area (Å²) in [6.07, 6.45) is 17.5. The standard InChI is InChI=1S/C18H38N.ClH/c1-3-5-7-8-9-10-11-12-16-19(15-6-4-2)17-13-14-18-19;/h3-18H2,1-2H3;1H/q+1;/p-1. The summed E-state index contributed by atoms with van der Waals surface area (Å²) in [4.78, 5) is 0. The number of likely N-dealkylation sites (tertiary alicyclic amines) is 1. The van der Waals surface area contributed by atoms with Crippen molar-refractivity contribution in [2.75, 3.05) is 26.2 Å². The zero-order chi connectivity index (χ0) is 13.8. The second-order valence-corrected chi connectivity index (χ2v) is 6.77. The number of unbranched alkanes of at least 4 members (excludes halogenated alkanes) is 8. The largest absolute Gasteiger partial charge is 1.00 e. The molecule has 0 spiro atoms. The molecule has 1 heterocycles. The average Bonchev–Trinajstić information content (AvgIpc) is 2.89. The van der Waals surface area contributed by atoms with E-state index >= 15 is 0 Å². The van der Waals surface area contributed by atoms with Gasteiger partial charge in [-0.3, -0.25) is 0 Å². The Morgan fingerprint density at radius 1 is 0.600 bits per heavy atom. The van der Waals surface area contributed by atoms with Crippen LogP contribution in [0.25, 0.3) is 0 Å². The van der Waals surface area contributed by atoms with Crippen molar-refractivity contribution in [3.05, 3.63) is 0 Å². The maximum atomic E-state index is 2.34. The van der Waals surface area contributed by atoms with Crippen LogP contribution in [0.5, 0.6) is 0 Å². The van der Waals surface area contributed by atoms with Gasteiger partial charge in [-0.15, -0.1) is 0 Å². The smallest absolute Gasteiger partial charge is 0.0788 e. The molecular formula is C18H38ClN. The molecule has 1 saturated heterocycles. The third-order valence-corrected chi connectivity index (χ3v) is 4.99. The Kier molecular flexibility index (Phi) is 13.1. The number of hydrogen-bond donors (Lipinski definition) is 0. The monoisotopic (exact) mass is 303 g/mol. The molecule has 1 nitrogen and oxygen atoms in total. The molecule has 0 amide bonds. The molecule has 2 heteroatoms. The van der Waals surface area contributed by atoms with E-state index in [9.17, 15) is 0 Å². The molecule has 1 fully saturated rings. The van der Waals surface area contributed by atoms with Crippen LogP contribution in [0, 0.1) is 0 Å². The lowest BCUT2D eigenvalue weighted by molar-refractivity contribution is -0.917. The van der Waals surface area contributed by atoms with Gasteiger partial charge in [0.1, 0.15) is 0 Å². The van der Waals surface area contributed by atoms with E-state index in [1.54, 1.807) is 0 Å². The van der Waals surface area contributed by atoms with Crippen molar-refractivity contribution in [1.82, 2.24) is 0 Å². The molecule has 0 aliphatic carbocycles. The lowest BCUT2D eigenvalue weighted by Gasteiger charge is -2.34. The molecule has 0 unspecified atom stereocenters. The molecule has 1 aliphatic heterocycles. The highest BCUT2D eigenvalue weighted by atomic mass is 35.5. The Morgan fingerprint density at radius 3 is 1.60 bits per heavy atom. The fourth-order valence-electron chi connectivity index (χ4n) is 3.64. The van der Waals surface area contributed by atoms with Crippen LogP contribution in [0.3, 0.4) is 0 Å². The highest BCUT2D eigenvalue weighted by Gasteiger charge is 2.30. The van der Waals surface area contributed by atoms with E-state index in [0.29, 0.717) is 0 Å². The molecular weight excluding hydrogens is 266 g/mol. The average molecular weight is 304 g/mol. The molecule has 0 aromatic carbocycles. The summed E-state index contributed by atoms with van der Waals surface area (Å²) in [7, 11) is 0. The van der Waals surface area contributed by atoms with Crippen LogP contribution in [0.4, 0.5) is 0 Å². The maximum Gasteiger partial charge on any atom is 0.0788 e. The van der Waals surface area contributed by atoms with Gasteiger partial charge in [-0.05, 0) is 19.3 Å². The van der Waals surface area contributed by atoms with Crippen molar-refractivity contribution in [2.45, 2.75) is 90.9 Å². The normalized spacial score (nSPS) is 17.1. The Morgan fingerprint density at radius 2 is 1.05 bits per heavy atom. The van der Waals surface area contributed by atoms with Gasteiger partial charge in [0.25, 0.3) is 0 Å². The summed E-state index contributed by atoms with van der Waals surface area (Å²) < 4.78 is 1.48. The van der Waals surface area contributed by atoms with Crippen molar-refractivity contribution in [2.24, 2.45) is 0 Å². The molecule has 1 rings (SSSR count). The third-order valence-electron chi connectivity index (χ3n) is 4.99. The van der Waals surface area contributed by atoms with Gasteiger partial charge in [0.2, 0.25) is 0 Å². The van der Waals surface area contributed by atoms with Gasteiger partial charge in [-0.2, -0.15) is 0 Å². The molecule has 0 saturated carbocycles.